The Morgan fingerprint density at radius 1 is 1.15 bits per heavy atom. The van der Waals surface area contributed by atoms with E-state index in [0.717, 1.165) is 0 Å². The second kappa shape index (κ2) is 2.82. The summed E-state index contributed by atoms with van der Waals surface area (Å²) in [5.41, 5.74) is 13.3. The maximum atomic E-state index is 5.73. The van der Waals surface area contributed by atoms with E-state index in [1.54, 1.807) is 24.4 Å². The van der Waals surface area contributed by atoms with Crippen LogP contribution in [-0.2, 0) is 0 Å². The topological polar surface area (TPSA) is 78.1 Å². The Morgan fingerprint density at radius 3 is 2.38 bits per heavy atom. The number of anilines is 2. The smallest absolute Gasteiger partial charge is 0.230 e. The van der Waals surface area contributed by atoms with Crippen LogP contribution in [0.4, 0.5) is 11.4 Å². The first-order valence-corrected chi connectivity index (χ1v) is 3.83. The number of nitrogens with two attached hydrogens (primary N) is 2. The third-order valence-electron chi connectivity index (χ3n) is 1.78. The van der Waals surface area contributed by atoms with Gasteiger partial charge in [-0.2, -0.15) is 0 Å². The minimum absolute atomic E-state index is 0.454. The first-order chi connectivity index (χ1) is 6.29. The van der Waals surface area contributed by atoms with Crippen molar-refractivity contribution in [3.8, 4) is 11.5 Å². The molecule has 4 nitrogen and oxygen atoms in total. The molecule has 66 valence electrons. The molecule has 0 spiro atoms. The molecule has 1 aromatic heterocycles. The molecule has 0 amide bonds. The Morgan fingerprint density at radius 2 is 1.85 bits per heavy atom. The van der Waals surface area contributed by atoms with Crippen LogP contribution in [0.15, 0.2) is 35.1 Å². The van der Waals surface area contributed by atoms with Crippen LogP contribution in [0.5, 0.6) is 0 Å². The lowest BCUT2D eigenvalue weighted by Crippen LogP contribution is -1.95. The van der Waals surface area contributed by atoms with E-state index in [9.17, 15) is 0 Å². The molecule has 0 atom stereocenters. The fourth-order valence-electron chi connectivity index (χ4n) is 1.18. The summed E-state index contributed by atoms with van der Waals surface area (Å²) < 4.78 is 5.11. The lowest BCUT2D eigenvalue weighted by molar-refractivity contribution is 0.575. The largest absolute Gasteiger partial charge is 0.444 e. The van der Waals surface area contributed by atoms with Gasteiger partial charge in [0.25, 0.3) is 0 Å². The molecule has 2 aromatic rings. The standard InChI is InChI=1S/C9H9N3O/c10-6-2-1-3-7(11)8(6)9-12-4-5-13-9/h1-5H,10-11H2. The molecule has 0 aliphatic carbocycles. The van der Waals surface area contributed by atoms with Gasteiger partial charge in [0.2, 0.25) is 5.89 Å². The number of oxazole rings is 1. The monoisotopic (exact) mass is 175 g/mol. The van der Waals surface area contributed by atoms with E-state index < -0.39 is 0 Å². The molecule has 13 heavy (non-hydrogen) atoms. The lowest BCUT2D eigenvalue weighted by atomic mass is 10.1. The Hall–Kier alpha value is -1.97. The van der Waals surface area contributed by atoms with Crippen LogP contribution in [0.2, 0.25) is 0 Å². The zero-order chi connectivity index (χ0) is 9.26. The van der Waals surface area contributed by atoms with Crippen LogP contribution in [0, 0.1) is 0 Å². The number of aromatic nitrogens is 1. The Bertz CT molecular complexity index is 389. The van der Waals surface area contributed by atoms with Gasteiger partial charge in [-0.3, -0.25) is 0 Å². The molecule has 4 N–H and O–H groups in total. The summed E-state index contributed by atoms with van der Waals surface area (Å²) in [4.78, 5) is 3.98. The Kier molecular flexibility index (Phi) is 1.66. The van der Waals surface area contributed by atoms with Crippen LogP contribution in [0.1, 0.15) is 0 Å². The zero-order valence-electron chi connectivity index (χ0n) is 6.90. The summed E-state index contributed by atoms with van der Waals surface area (Å²) in [6.45, 7) is 0. The third kappa shape index (κ3) is 1.22. The zero-order valence-corrected chi connectivity index (χ0v) is 6.90. The number of rotatable bonds is 1. The predicted octanol–water partition coefficient (Wildman–Crippen LogP) is 1.51. The van der Waals surface area contributed by atoms with E-state index in [2.05, 4.69) is 4.98 Å². The van der Waals surface area contributed by atoms with Gasteiger partial charge in [-0.1, -0.05) is 6.07 Å². The van der Waals surface area contributed by atoms with E-state index in [1.165, 1.54) is 6.26 Å². The molecular formula is C9H9N3O. The Balaban J connectivity index is 2.64. The molecule has 0 aliphatic rings. The summed E-state index contributed by atoms with van der Waals surface area (Å²) in [7, 11) is 0. The molecule has 0 saturated carbocycles. The van der Waals surface area contributed by atoms with Gasteiger partial charge in [-0.25, -0.2) is 4.98 Å². The lowest BCUT2D eigenvalue weighted by Gasteiger charge is -2.03. The van der Waals surface area contributed by atoms with Crippen molar-refractivity contribution >= 4 is 11.4 Å². The quantitative estimate of drug-likeness (QED) is 0.644. The summed E-state index contributed by atoms with van der Waals surface area (Å²) in [6.07, 6.45) is 3.04. The summed E-state index contributed by atoms with van der Waals surface area (Å²) in [6, 6.07) is 5.31. The highest BCUT2D eigenvalue weighted by molar-refractivity contribution is 5.81. The Labute approximate surface area is 75.2 Å². The fourth-order valence-corrected chi connectivity index (χ4v) is 1.18. The van der Waals surface area contributed by atoms with E-state index in [0.29, 0.717) is 22.8 Å². The van der Waals surface area contributed by atoms with Crippen LogP contribution in [0.3, 0.4) is 0 Å². The van der Waals surface area contributed by atoms with Gasteiger partial charge in [0.1, 0.15) is 6.26 Å². The molecule has 0 aliphatic heterocycles. The van der Waals surface area contributed by atoms with Crippen molar-refractivity contribution < 1.29 is 4.42 Å². The molecular weight excluding hydrogens is 166 g/mol. The van der Waals surface area contributed by atoms with Crippen molar-refractivity contribution in [3.63, 3.8) is 0 Å². The van der Waals surface area contributed by atoms with Gasteiger partial charge in [-0.05, 0) is 12.1 Å². The van der Waals surface area contributed by atoms with Gasteiger partial charge in [0.05, 0.1) is 11.8 Å². The minimum atomic E-state index is 0.454. The average Bonchev–Trinajstić information content (AvgIpc) is 2.57. The number of benzene rings is 1. The van der Waals surface area contributed by atoms with Crippen LogP contribution >= 0.6 is 0 Å². The average molecular weight is 175 g/mol. The minimum Gasteiger partial charge on any atom is -0.444 e. The van der Waals surface area contributed by atoms with Crippen molar-refractivity contribution in [1.29, 1.82) is 0 Å². The molecule has 1 heterocycles. The molecule has 0 radical (unpaired) electrons. The van der Waals surface area contributed by atoms with E-state index in [1.807, 2.05) is 0 Å². The number of hydrogen-bond donors (Lipinski definition) is 2. The second-order valence-electron chi connectivity index (χ2n) is 2.65. The van der Waals surface area contributed by atoms with Crippen molar-refractivity contribution in [2.75, 3.05) is 11.5 Å². The van der Waals surface area contributed by atoms with Gasteiger partial charge in [-0.15, -0.1) is 0 Å². The van der Waals surface area contributed by atoms with Crippen molar-refractivity contribution in [2.24, 2.45) is 0 Å². The third-order valence-corrected chi connectivity index (χ3v) is 1.78. The van der Waals surface area contributed by atoms with Gasteiger partial charge in [0.15, 0.2) is 0 Å². The van der Waals surface area contributed by atoms with Gasteiger partial charge in [0, 0.05) is 11.4 Å². The van der Waals surface area contributed by atoms with Crippen molar-refractivity contribution in [2.45, 2.75) is 0 Å². The van der Waals surface area contributed by atoms with E-state index in [-0.39, 0.29) is 0 Å². The van der Waals surface area contributed by atoms with E-state index in [4.69, 9.17) is 15.9 Å². The summed E-state index contributed by atoms with van der Waals surface area (Å²) in [5, 5.41) is 0. The van der Waals surface area contributed by atoms with Crippen LogP contribution in [-0.4, -0.2) is 4.98 Å². The van der Waals surface area contributed by atoms with Crippen LogP contribution < -0.4 is 11.5 Å². The highest BCUT2D eigenvalue weighted by Gasteiger charge is 2.09. The molecule has 1 aromatic carbocycles. The number of hydrogen-bond acceptors (Lipinski definition) is 4. The summed E-state index contributed by atoms with van der Waals surface area (Å²) >= 11 is 0. The maximum absolute atomic E-state index is 5.73. The molecule has 2 rings (SSSR count). The second-order valence-corrected chi connectivity index (χ2v) is 2.65. The van der Waals surface area contributed by atoms with Crippen molar-refractivity contribution in [1.82, 2.24) is 4.98 Å². The molecule has 0 saturated heterocycles. The SMILES string of the molecule is Nc1cccc(N)c1-c1ncco1. The predicted molar refractivity (Wildman–Crippen MR) is 50.8 cm³/mol. The number of nitrogen functional groups attached to an aromatic ring is 2. The van der Waals surface area contributed by atoms with Gasteiger partial charge >= 0.3 is 0 Å². The van der Waals surface area contributed by atoms with E-state index >= 15 is 0 Å². The number of nitrogens with zero attached hydrogens (tertiary/aromatic N) is 1. The highest BCUT2D eigenvalue weighted by Crippen LogP contribution is 2.29. The van der Waals surface area contributed by atoms with Crippen molar-refractivity contribution in [3.05, 3.63) is 30.7 Å². The molecule has 0 fully saturated rings. The maximum Gasteiger partial charge on any atom is 0.230 e. The highest BCUT2D eigenvalue weighted by atomic mass is 16.3. The van der Waals surface area contributed by atoms with Crippen LogP contribution in [0.25, 0.3) is 11.5 Å². The molecule has 4 heteroatoms. The molecule has 0 bridgehead atoms. The molecule has 0 unspecified atom stereocenters. The summed E-state index contributed by atoms with van der Waals surface area (Å²) in [5.74, 6) is 0.454. The normalized spacial score (nSPS) is 10.2. The fraction of sp³-hybridized carbons (Fsp3) is 0. The first kappa shape index (κ1) is 7.67. The first-order valence-electron chi connectivity index (χ1n) is 3.83. The van der Waals surface area contributed by atoms with Gasteiger partial charge < -0.3 is 15.9 Å².